The van der Waals surface area contributed by atoms with E-state index in [2.05, 4.69) is 5.32 Å². The van der Waals surface area contributed by atoms with E-state index < -0.39 is 0 Å². The molecular weight excluding hydrogens is 271 g/mol. The second-order valence-corrected chi connectivity index (χ2v) is 4.70. The zero-order valence-electron chi connectivity index (χ0n) is 11.9. The summed E-state index contributed by atoms with van der Waals surface area (Å²) >= 11 is 0. The number of amides is 1. The van der Waals surface area contributed by atoms with Gasteiger partial charge >= 0.3 is 0 Å². The minimum absolute atomic E-state index is 0.260. The Balaban J connectivity index is 2.15. The van der Waals surface area contributed by atoms with E-state index >= 15 is 0 Å². The van der Waals surface area contributed by atoms with E-state index in [-0.39, 0.29) is 17.8 Å². The normalized spacial score (nSPS) is 11.8. The Labute approximate surface area is 122 Å². The fourth-order valence-electron chi connectivity index (χ4n) is 1.97. The molecule has 2 aromatic carbocycles. The summed E-state index contributed by atoms with van der Waals surface area (Å²) in [6.07, 6.45) is 0. The zero-order valence-corrected chi connectivity index (χ0v) is 11.9. The molecular formula is C16H17FN2O2. The van der Waals surface area contributed by atoms with Crippen molar-refractivity contribution in [2.45, 2.75) is 13.0 Å². The molecule has 0 bridgehead atoms. The Morgan fingerprint density at radius 2 is 1.90 bits per heavy atom. The molecule has 0 unspecified atom stereocenters. The molecule has 0 saturated heterocycles. The first-order chi connectivity index (χ1) is 10.0. The Hall–Kier alpha value is -2.56. The van der Waals surface area contributed by atoms with Crippen molar-refractivity contribution >= 4 is 11.6 Å². The van der Waals surface area contributed by atoms with E-state index in [9.17, 15) is 9.18 Å². The van der Waals surface area contributed by atoms with Crippen molar-refractivity contribution in [1.82, 2.24) is 5.32 Å². The van der Waals surface area contributed by atoms with Crippen LogP contribution in [0.1, 0.15) is 28.9 Å². The fraction of sp³-hybridized carbons (Fsp3) is 0.188. The number of nitrogens with one attached hydrogen (secondary N) is 1. The average Bonchev–Trinajstić information content (AvgIpc) is 2.48. The van der Waals surface area contributed by atoms with E-state index in [0.29, 0.717) is 17.0 Å². The number of benzene rings is 2. The lowest BCUT2D eigenvalue weighted by molar-refractivity contribution is 0.0940. The standard InChI is InChI=1S/C16H17FN2O2/c1-10(11-3-5-12(17)6-4-11)19-16(20)14-9-13(21-2)7-8-15(14)18/h3-10H,18H2,1-2H3,(H,19,20)/t10-/m0/s1. The Morgan fingerprint density at radius 1 is 1.24 bits per heavy atom. The molecule has 1 atom stereocenters. The summed E-state index contributed by atoms with van der Waals surface area (Å²) in [6.45, 7) is 1.82. The summed E-state index contributed by atoms with van der Waals surface area (Å²) in [5, 5.41) is 2.83. The number of hydrogen-bond donors (Lipinski definition) is 2. The molecule has 3 N–H and O–H groups in total. The zero-order chi connectivity index (χ0) is 15.4. The van der Waals surface area contributed by atoms with Gasteiger partial charge in [0.25, 0.3) is 5.91 Å². The van der Waals surface area contributed by atoms with Crippen molar-refractivity contribution in [3.63, 3.8) is 0 Å². The van der Waals surface area contributed by atoms with Crippen LogP contribution in [-0.4, -0.2) is 13.0 Å². The lowest BCUT2D eigenvalue weighted by Crippen LogP contribution is -2.27. The third kappa shape index (κ3) is 3.51. The molecule has 0 fully saturated rings. The van der Waals surface area contributed by atoms with Crippen LogP contribution in [0.15, 0.2) is 42.5 Å². The first kappa shape index (κ1) is 14.8. The monoisotopic (exact) mass is 288 g/mol. The van der Waals surface area contributed by atoms with Gasteiger partial charge in [-0.2, -0.15) is 0 Å². The lowest BCUT2D eigenvalue weighted by atomic mass is 10.1. The van der Waals surface area contributed by atoms with Gasteiger partial charge in [0.1, 0.15) is 11.6 Å². The molecule has 0 radical (unpaired) electrons. The quantitative estimate of drug-likeness (QED) is 0.850. The number of carbonyl (C=O) groups excluding carboxylic acids is 1. The Bertz CT molecular complexity index is 641. The van der Waals surface area contributed by atoms with Crippen molar-refractivity contribution < 1.29 is 13.9 Å². The fourth-order valence-corrected chi connectivity index (χ4v) is 1.97. The topological polar surface area (TPSA) is 64.3 Å². The maximum atomic E-state index is 12.9. The molecule has 0 aromatic heterocycles. The van der Waals surface area contributed by atoms with Gasteiger partial charge in [-0.1, -0.05) is 12.1 Å². The number of nitrogens with two attached hydrogens (primary N) is 1. The van der Waals surface area contributed by atoms with Gasteiger partial charge in [0.15, 0.2) is 0 Å². The molecule has 2 rings (SSSR count). The smallest absolute Gasteiger partial charge is 0.253 e. The molecule has 0 saturated carbocycles. The van der Waals surface area contributed by atoms with E-state index in [1.54, 1.807) is 30.3 Å². The van der Waals surface area contributed by atoms with Crippen molar-refractivity contribution in [3.05, 3.63) is 59.4 Å². The van der Waals surface area contributed by atoms with Crippen molar-refractivity contribution in [2.24, 2.45) is 0 Å². The minimum Gasteiger partial charge on any atom is -0.497 e. The van der Waals surface area contributed by atoms with Crippen LogP contribution in [0.5, 0.6) is 5.75 Å². The first-order valence-electron chi connectivity index (χ1n) is 6.51. The van der Waals surface area contributed by atoms with Gasteiger partial charge in [0.2, 0.25) is 0 Å². The van der Waals surface area contributed by atoms with E-state index in [0.717, 1.165) is 5.56 Å². The second-order valence-electron chi connectivity index (χ2n) is 4.70. The molecule has 0 spiro atoms. The third-order valence-electron chi connectivity index (χ3n) is 3.22. The van der Waals surface area contributed by atoms with E-state index in [1.165, 1.54) is 19.2 Å². The third-order valence-corrected chi connectivity index (χ3v) is 3.22. The highest BCUT2D eigenvalue weighted by Crippen LogP contribution is 2.21. The van der Waals surface area contributed by atoms with Crippen LogP contribution in [0, 0.1) is 5.82 Å². The molecule has 21 heavy (non-hydrogen) atoms. The predicted octanol–water partition coefficient (Wildman–Crippen LogP) is 2.91. The Morgan fingerprint density at radius 3 is 2.52 bits per heavy atom. The van der Waals surface area contributed by atoms with E-state index in [4.69, 9.17) is 10.5 Å². The van der Waals surface area contributed by atoms with Crippen molar-refractivity contribution in [3.8, 4) is 5.75 Å². The highest BCUT2D eigenvalue weighted by Gasteiger charge is 2.14. The summed E-state index contributed by atoms with van der Waals surface area (Å²) < 4.78 is 18.0. The number of methoxy groups -OCH3 is 1. The second kappa shape index (κ2) is 6.26. The SMILES string of the molecule is COc1ccc(N)c(C(=O)N[C@@H](C)c2ccc(F)cc2)c1. The number of halogens is 1. The van der Waals surface area contributed by atoms with Crippen LogP contribution in [0.2, 0.25) is 0 Å². The first-order valence-corrected chi connectivity index (χ1v) is 6.51. The number of rotatable bonds is 4. The molecule has 0 heterocycles. The summed E-state index contributed by atoms with van der Waals surface area (Å²) in [7, 11) is 1.52. The molecule has 0 aliphatic rings. The highest BCUT2D eigenvalue weighted by molar-refractivity contribution is 5.99. The maximum absolute atomic E-state index is 12.9. The molecule has 4 nitrogen and oxygen atoms in total. The van der Waals surface area contributed by atoms with Gasteiger partial charge in [-0.15, -0.1) is 0 Å². The van der Waals surface area contributed by atoms with Gasteiger partial charge < -0.3 is 15.8 Å². The minimum atomic E-state index is -0.311. The molecule has 5 heteroatoms. The van der Waals surface area contributed by atoms with Crippen LogP contribution < -0.4 is 15.8 Å². The van der Waals surface area contributed by atoms with Crippen molar-refractivity contribution in [2.75, 3.05) is 12.8 Å². The number of nitrogen functional groups attached to an aromatic ring is 1. The largest absolute Gasteiger partial charge is 0.497 e. The van der Waals surface area contributed by atoms with Gasteiger partial charge in [-0.05, 0) is 42.8 Å². The van der Waals surface area contributed by atoms with Gasteiger partial charge in [-0.3, -0.25) is 4.79 Å². The molecule has 1 amide bonds. The maximum Gasteiger partial charge on any atom is 0.253 e. The number of carbonyl (C=O) groups is 1. The molecule has 110 valence electrons. The van der Waals surface area contributed by atoms with Crippen LogP contribution in [0.3, 0.4) is 0 Å². The van der Waals surface area contributed by atoms with Crippen LogP contribution in [0.25, 0.3) is 0 Å². The van der Waals surface area contributed by atoms with Gasteiger partial charge in [0, 0.05) is 5.69 Å². The molecule has 0 aliphatic heterocycles. The average molecular weight is 288 g/mol. The summed E-state index contributed by atoms with van der Waals surface area (Å²) in [6, 6.07) is 10.6. The van der Waals surface area contributed by atoms with Gasteiger partial charge in [-0.25, -0.2) is 4.39 Å². The number of hydrogen-bond acceptors (Lipinski definition) is 3. The van der Waals surface area contributed by atoms with Crippen LogP contribution >= 0.6 is 0 Å². The Kier molecular flexibility index (Phi) is 4.42. The van der Waals surface area contributed by atoms with Crippen LogP contribution in [0.4, 0.5) is 10.1 Å². The summed E-state index contributed by atoms with van der Waals surface area (Å²) in [5.74, 6) is -0.0543. The summed E-state index contributed by atoms with van der Waals surface area (Å²) in [5.41, 5.74) is 7.35. The van der Waals surface area contributed by atoms with Crippen molar-refractivity contribution in [1.29, 1.82) is 0 Å². The van der Waals surface area contributed by atoms with Crippen LogP contribution in [-0.2, 0) is 0 Å². The number of anilines is 1. The van der Waals surface area contributed by atoms with E-state index in [1.807, 2.05) is 6.92 Å². The molecule has 2 aromatic rings. The summed E-state index contributed by atoms with van der Waals surface area (Å²) in [4.78, 5) is 12.3. The number of ether oxygens (including phenoxy) is 1. The lowest BCUT2D eigenvalue weighted by Gasteiger charge is -2.15. The molecule has 0 aliphatic carbocycles. The predicted molar refractivity (Wildman–Crippen MR) is 79.7 cm³/mol. The van der Waals surface area contributed by atoms with Gasteiger partial charge in [0.05, 0.1) is 18.7 Å². The highest BCUT2D eigenvalue weighted by atomic mass is 19.1.